The van der Waals surface area contributed by atoms with E-state index in [0.717, 1.165) is 6.92 Å². The molecule has 0 aliphatic carbocycles. The summed E-state index contributed by atoms with van der Waals surface area (Å²) in [6, 6.07) is 6.16. The molecule has 0 saturated carbocycles. The molecule has 0 radical (unpaired) electrons. The molecule has 9 heteroatoms. The van der Waals surface area contributed by atoms with Crippen molar-refractivity contribution in [2.75, 3.05) is 13.7 Å². The van der Waals surface area contributed by atoms with Crippen molar-refractivity contribution in [2.24, 2.45) is 0 Å². The standard InChI is InChI=1S/C18H22O9/c1-9(19)25-8-13-17(26-10(2)20)15(22)14(21)16(27-13)11-5-4-6-12(7-11)18(23)24-3/h4-7,13-17,21-22H,8H2,1-3H3. The second kappa shape index (κ2) is 8.94. The zero-order valence-corrected chi connectivity index (χ0v) is 15.2. The van der Waals surface area contributed by atoms with E-state index in [-0.39, 0.29) is 12.2 Å². The zero-order valence-electron chi connectivity index (χ0n) is 15.2. The summed E-state index contributed by atoms with van der Waals surface area (Å²) in [6.45, 7) is 2.06. The van der Waals surface area contributed by atoms with Gasteiger partial charge >= 0.3 is 17.9 Å². The normalized spacial score (nSPS) is 27.5. The molecule has 2 N–H and O–H groups in total. The fourth-order valence-electron chi connectivity index (χ4n) is 2.85. The minimum atomic E-state index is -1.49. The molecule has 1 fully saturated rings. The summed E-state index contributed by atoms with van der Waals surface area (Å²) in [5.74, 6) is -1.84. The molecular weight excluding hydrogens is 360 g/mol. The highest BCUT2D eigenvalue weighted by Crippen LogP contribution is 2.34. The number of aliphatic hydroxyl groups is 2. The molecule has 27 heavy (non-hydrogen) atoms. The van der Waals surface area contributed by atoms with Gasteiger partial charge in [-0.15, -0.1) is 0 Å². The van der Waals surface area contributed by atoms with Crippen molar-refractivity contribution in [3.8, 4) is 0 Å². The quantitative estimate of drug-likeness (QED) is 0.539. The molecule has 2 rings (SSSR count). The van der Waals surface area contributed by atoms with Crippen molar-refractivity contribution in [3.05, 3.63) is 35.4 Å². The molecular formula is C18H22O9. The Morgan fingerprint density at radius 2 is 1.81 bits per heavy atom. The van der Waals surface area contributed by atoms with Crippen LogP contribution in [0.3, 0.4) is 0 Å². The minimum absolute atomic E-state index is 0.235. The topological polar surface area (TPSA) is 129 Å². The lowest BCUT2D eigenvalue weighted by atomic mass is 9.90. The van der Waals surface area contributed by atoms with Gasteiger partial charge in [-0.25, -0.2) is 4.79 Å². The van der Waals surface area contributed by atoms with E-state index in [2.05, 4.69) is 4.74 Å². The molecule has 1 aliphatic heterocycles. The van der Waals surface area contributed by atoms with Crippen molar-refractivity contribution in [2.45, 2.75) is 44.4 Å². The van der Waals surface area contributed by atoms with Crippen molar-refractivity contribution >= 4 is 17.9 Å². The van der Waals surface area contributed by atoms with Crippen LogP contribution in [0.2, 0.25) is 0 Å². The number of rotatable bonds is 5. The van der Waals surface area contributed by atoms with Gasteiger partial charge in [0.2, 0.25) is 0 Å². The van der Waals surface area contributed by atoms with E-state index >= 15 is 0 Å². The third kappa shape index (κ3) is 5.03. The second-order valence-electron chi connectivity index (χ2n) is 6.07. The van der Waals surface area contributed by atoms with Crippen LogP contribution in [0, 0.1) is 0 Å². The first-order valence-electron chi connectivity index (χ1n) is 8.25. The van der Waals surface area contributed by atoms with Crippen LogP contribution in [0.5, 0.6) is 0 Å². The van der Waals surface area contributed by atoms with Crippen LogP contribution in [-0.4, -0.2) is 66.3 Å². The summed E-state index contributed by atoms with van der Waals surface area (Å²) in [5.41, 5.74) is 0.637. The Morgan fingerprint density at radius 1 is 1.11 bits per heavy atom. The Morgan fingerprint density at radius 3 is 2.41 bits per heavy atom. The predicted molar refractivity (Wildman–Crippen MR) is 89.6 cm³/mol. The Bertz CT molecular complexity index is 702. The molecule has 0 aromatic heterocycles. The summed E-state index contributed by atoms with van der Waals surface area (Å²) in [4.78, 5) is 34.2. The van der Waals surface area contributed by atoms with Crippen LogP contribution in [0.25, 0.3) is 0 Å². The number of aliphatic hydroxyl groups excluding tert-OH is 2. The SMILES string of the molecule is COC(=O)c1cccc(C2OC(COC(C)=O)C(OC(C)=O)C(O)C2O)c1. The fourth-order valence-corrected chi connectivity index (χ4v) is 2.85. The van der Waals surface area contributed by atoms with E-state index in [1.54, 1.807) is 12.1 Å². The number of esters is 3. The van der Waals surface area contributed by atoms with Gasteiger partial charge in [-0.1, -0.05) is 12.1 Å². The number of methoxy groups -OCH3 is 1. The lowest BCUT2D eigenvalue weighted by Crippen LogP contribution is -2.57. The highest BCUT2D eigenvalue weighted by molar-refractivity contribution is 5.89. The van der Waals surface area contributed by atoms with Gasteiger partial charge in [-0.05, 0) is 17.7 Å². The molecule has 5 unspecified atom stereocenters. The largest absolute Gasteiger partial charge is 0.465 e. The number of carbonyl (C=O) groups excluding carboxylic acids is 3. The number of ether oxygens (including phenoxy) is 4. The maximum absolute atomic E-state index is 11.7. The van der Waals surface area contributed by atoms with Crippen molar-refractivity contribution < 1.29 is 43.5 Å². The van der Waals surface area contributed by atoms with Crippen molar-refractivity contribution in [1.29, 1.82) is 0 Å². The van der Waals surface area contributed by atoms with Crippen LogP contribution in [0.1, 0.15) is 35.9 Å². The van der Waals surface area contributed by atoms with Crippen LogP contribution in [0.15, 0.2) is 24.3 Å². The van der Waals surface area contributed by atoms with Gasteiger partial charge in [-0.3, -0.25) is 9.59 Å². The van der Waals surface area contributed by atoms with E-state index in [1.807, 2.05) is 0 Å². The molecule has 1 saturated heterocycles. The van der Waals surface area contributed by atoms with Crippen molar-refractivity contribution in [3.63, 3.8) is 0 Å². The average molecular weight is 382 g/mol. The Hall–Kier alpha value is -2.49. The first-order chi connectivity index (χ1) is 12.7. The summed E-state index contributed by atoms with van der Waals surface area (Å²) in [7, 11) is 1.24. The van der Waals surface area contributed by atoms with Gasteiger partial charge in [0.1, 0.15) is 31.0 Å². The smallest absolute Gasteiger partial charge is 0.337 e. The van der Waals surface area contributed by atoms with E-state index in [0.29, 0.717) is 5.56 Å². The zero-order chi connectivity index (χ0) is 20.1. The molecule has 1 heterocycles. The molecule has 1 aliphatic rings. The van der Waals surface area contributed by atoms with Gasteiger partial charge in [0.15, 0.2) is 6.10 Å². The molecule has 0 bridgehead atoms. The molecule has 1 aromatic carbocycles. The van der Waals surface area contributed by atoms with Gasteiger partial charge in [0, 0.05) is 13.8 Å². The van der Waals surface area contributed by atoms with Crippen LogP contribution in [0.4, 0.5) is 0 Å². The molecule has 9 nitrogen and oxygen atoms in total. The summed E-state index contributed by atoms with van der Waals surface area (Å²) in [5, 5.41) is 20.9. The third-order valence-corrected chi connectivity index (χ3v) is 4.07. The first kappa shape index (κ1) is 20.8. The van der Waals surface area contributed by atoms with Gasteiger partial charge in [0.05, 0.1) is 12.7 Å². The lowest BCUT2D eigenvalue weighted by Gasteiger charge is -2.42. The van der Waals surface area contributed by atoms with Gasteiger partial charge in [0.25, 0.3) is 0 Å². The summed E-state index contributed by atoms with van der Waals surface area (Å²) < 4.78 is 20.4. The van der Waals surface area contributed by atoms with Crippen LogP contribution < -0.4 is 0 Å². The maximum atomic E-state index is 11.7. The summed E-state index contributed by atoms with van der Waals surface area (Å²) >= 11 is 0. The molecule has 0 amide bonds. The molecule has 5 atom stereocenters. The lowest BCUT2D eigenvalue weighted by molar-refractivity contribution is -0.242. The molecule has 1 aromatic rings. The molecule has 0 spiro atoms. The number of hydrogen-bond donors (Lipinski definition) is 2. The third-order valence-electron chi connectivity index (χ3n) is 4.07. The highest BCUT2D eigenvalue weighted by Gasteiger charge is 2.47. The van der Waals surface area contributed by atoms with E-state index in [9.17, 15) is 24.6 Å². The predicted octanol–water partition coefficient (Wildman–Crippen LogP) is 0.130. The Balaban J connectivity index is 2.31. The highest BCUT2D eigenvalue weighted by atomic mass is 16.6. The van der Waals surface area contributed by atoms with Gasteiger partial charge < -0.3 is 29.2 Å². The fraction of sp³-hybridized carbons (Fsp3) is 0.500. The average Bonchev–Trinajstić information content (AvgIpc) is 2.63. The van der Waals surface area contributed by atoms with E-state index in [4.69, 9.17) is 14.2 Å². The van der Waals surface area contributed by atoms with E-state index < -0.39 is 48.4 Å². The second-order valence-corrected chi connectivity index (χ2v) is 6.07. The Labute approximate surface area is 155 Å². The van der Waals surface area contributed by atoms with E-state index in [1.165, 1.54) is 26.2 Å². The van der Waals surface area contributed by atoms with Crippen LogP contribution in [-0.2, 0) is 28.5 Å². The number of carbonyl (C=O) groups is 3. The Kier molecular flexibility index (Phi) is 6.89. The first-order valence-corrected chi connectivity index (χ1v) is 8.25. The van der Waals surface area contributed by atoms with Gasteiger partial charge in [-0.2, -0.15) is 0 Å². The van der Waals surface area contributed by atoms with Crippen molar-refractivity contribution in [1.82, 2.24) is 0 Å². The number of benzene rings is 1. The van der Waals surface area contributed by atoms with Crippen LogP contribution >= 0.6 is 0 Å². The monoisotopic (exact) mass is 382 g/mol. The maximum Gasteiger partial charge on any atom is 0.337 e. The number of hydrogen-bond acceptors (Lipinski definition) is 9. The summed E-state index contributed by atoms with van der Waals surface area (Å²) in [6.07, 6.45) is -6.22. The minimum Gasteiger partial charge on any atom is -0.465 e. The molecule has 148 valence electrons.